The first-order chi connectivity index (χ1) is 13.1. The second kappa shape index (κ2) is 9.20. The number of ether oxygens (including phenoxy) is 1. The van der Waals surface area contributed by atoms with Gasteiger partial charge in [0.15, 0.2) is 5.16 Å². The van der Waals surface area contributed by atoms with Crippen LogP contribution in [0.2, 0.25) is 0 Å². The van der Waals surface area contributed by atoms with E-state index >= 15 is 0 Å². The van der Waals surface area contributed by atoms with Crippen molar-refractivity contribution in [3.8, 4) is 0 Å². The van der Waals surface area contributed by atoms with Crippen molar-refractivity contribution in [2.45, 2.75) is 24.4 Å². The van der Waals surface area contributed by atoms with E-state index in [1.165, 1.54) is 17.8 Å². The molecule has 0 bridgehead atoms. The van der Waals surface area contributed by atoms with Crippen LogP contribution in [0.4, 0.5) is 5.82 Å². The van der Waals surface area contributed by atoms with Crippen molar-refractivity contribution >= 4 is 23.5 Å². The van der Waals surface area contributed by atoms with E-state index in [4.69, 9.17) is 9.15 Å². The molecule has 0 radical (unpaired) electrons. The first kappa shape index (κ1) is 19.7. The molecule has 27 heavy (non-hydrogen) atoms. The van der Waals surface area contributed by atoms with Crippen LogP contribution in [0.5, 0.6) is 0 Å². The predicted octanol–water partition coefficient (Wildman–Crippen LogP) is -0.403. The smallest absolute Gasteiger partial charge is 0.190 e. The van der Waals surface area contributed by atoms with Gasteiger partial charge in [0.2, 0.25) is 0 Å². The van der Waals surface area contributed by atoms with Gasteiger partial charge in [-0.1, -0.05) is 11.8 Å². The Morgan fingerprint density at radius 3 is 2.78 bits per heavy atom. The Morgan fingerprint density at radius 1 is 1.37 bits per heavy atom. The number of hydrogen-bond donors (Lipinski definition) is 1. The van der Waals surface area contributed by atoms with Crippen LogP contribution >= 0.6 is 11.8 Å². The number of thioether (sulfide) groups is 1. The van der Waals surface area contributed by atoms with E-state index < -0.39 is 5.97 Å². The van der Waals surface area contributed by atoms with Gasteiger partial charge in [0.25, 0.3) is 0 Å². The van der Waals surface area contributed by atoms with Gasteiger partial charge in [-0.25, -0.2) is 9.97 Å². The Morgan fingerprint density at radius 2 is 2.15 bits per heavy atom. The molecule has 8 nitrogen and oxygen atoms in total. The number of quaternary nitrogens is 1. The van der Waals surface area contributed by atoms with Crippen LogP contribution in [0.3, 0.4) is 0 Å². The summed E-state index contributed by atoms with van der Waals surface area (Å²) in [7, 11) is 1.64. The molecule has 1 aliphatic rings. The van der Waals surface area contributed by atoms with Crippen LogP contribution in [0, 0.1) is 0 Å². The van der Waals surface area contributed by atoms with Gasteiger partial charge in [0.05, 0.1) is 50.8 Å². The van der Waals surface area contributed by atoms with Crippen molar-refractivity contribution in [2.24, 2.45) is 0 Å². The number of piperazine rings is 1. The molecule has 0 spiro atoms. The third-order valence-electron chi connectivity index (χ3n) is 4.54. The highest BCUT2D eigenvalue weighted by Gasteiger charge is 2.21. The lowest BCUT2D eigenvalue weighted by Crippen LogP contribution is -3.14. The minimum absolute atomic E-state index is 0.170. The first-order valence-corrected chi connectivity index (χ1v) is 9.96. The highest BCUT2D eigenvalue weighted by atomic mass is 32.2. The maximum absolute atomic E-state index is 10.8. The Balaban J connectivity index is 1.71. The number of methoxy groups -OCH3 is 1. The van der Waals surface area contributed by atoms with Crippen molar-refractivity contribution in [1.82, 2.24) is 9.97 Å². The Bertz CT molecular complexity index is 774. The van der Waals surface area contributed by atoms with Gasteiger partial charge in [-0.2, -0.15) is 0 Å². The summed E-state index contributed by atoms with van der Waals surface area (Å²) in [5.41, 5.74) is 0.824. The number of likely N-dealkylation sites (N-methyl/N-ethyl adjacent to an activating group) is 1. The summed E-state index contributed by atoms with van der Waals surface area (Å²) in [5.74, 6) is 0.403. The zero-order valence-corrected chi connectivity index (χ0v) is 16.4. The van der Waals surface area contributed by atoms with Crippen LogP contribution in [0.25, 0.3) is 0 Å². The third kappa shape index (κ3) is 5.21. The quantitative estimate of drug-likeness (QED) is 0.479. The van der Waals surface area contributed by atoms with Crippen molar-refractivity contribution in [2.75, 3.05) is 44.7 Å². The maximum atomic E-state index is 10.8. The van der Waals surface area contributed by atoms with E-state index in [0.717, 1.165) is 44.2 Å². The summed E-state index contributed by atoms with van der Waals surface area (Å²) in [4.78, 5) is 23.9. The second-order valence-corrected chi connectivity index (χ2v) is 7.31. The van der Waals surface area contributed by atoms with E-state index in [0.29, 0.717) is 23.3 Å². The lowest BCUT2D eigenvalue weighted by Gasteiger charge is -2.32. The molecule has 1 aliphatic heterocycles. The van der Waals surface area contributed by atoms with Crippen molar-refractivity contribution in [3.05, 3.63) is 35.4 Å². The van der Waals surface area contributed by atoms with Crippen molar-refractivity contribution in [1.29, 1.82) is 0 Å². The number of nitrogens with one attached hydrogen (secondary N) is 1. The molecule has 0 atom stereocenters. The minimum Gasteiger partial charge on any atom is -0.542 e. The summed E-state index contributed by atoms with van der Waals surface area (Å²) < 4.78 is 10.5. The largest absolute Gasteiger partial charge is 0.542 e. The van der Waals surface area contributed by atoms with E-state index in [1.807, 2.05) is 6.07 Å². The van der Waals surface area contributed by atoms with E-state index in [9.17, 15) is 9.90 Å². The third-order valence-corrected chi connectivity index (χ3v) is 5.41. The lowest BCUT2D eigenvalue weighted by molar-refractivity contribution is -0.898. The lowest BCUT2D eigenvalue weighted by atomic mass is 10.3. The molecule has 1 saturated heterocycles. The zero-order valence-electron chi connectivity index (χ0n) is 15.6. The fraction of sp³-hybridized carbons (Fsp3) is 0.500. The highest BCUT2D eigenvalue weighted by Crippen LogP contribution is 2.24. The van der Waals surface area contributed by atoms with Gasteiger partial charge in [-0.05, 0) is 19.1 Å². The summed E-state index contributed by atoms with van der Waals surface area (Å²) in [5, 5.41) is 11.4. The topological polar surface area (TPSA) is 96.0 Å². The maximum Gasteiger partial charge on any atom is 0.190 e. The number of aromatic carboxylic acids is 1. The average molecular weight is 392 g/mol. The molecule has 1 N–H and O–H groups in total. The molecule has 1 fully saturated rings. The molecule has 3 rings (SSSR count). The molecule has 0 amide bonds. The number of carboxylic acid groups (broad SMARTS) is 1. The van der Waals surface area contributed by atoms with Crippen LogP contribution in [-0.2, 0) is 17.1 Å². The van der Waals surface area contributed by atoms with E-state index in [-0.39, 0.29) is 5.76 Å². The van der Waals surface area contributed by atoms with E-state index in [1.54, 1.807) is 18.1 Å². The minimum atomic E-state index is -1.32. The van der Waals surface area contributed by atoms with Crippen LogP contribution in [0.15, 0.2) is 27.8 Å². The summed E-state index contributed by atoms with van der Waals surface area (Å²) in [6.07, 6.45) is 0. The van der Waals surface area contributed by atoms with Gasteiger partial charge in [-0.3, -0.25) is 0 Å². The summed E-state index contributed by atoms with van der Waals surface area (Å²) in [6, 6.07) is 5.00. The number of anilines is 1. The van der Waals surface area contributed by atoms with Crippen LogP contribution < -0.4 is 14.9 Å². The first-order valence-electron chi connectivity index (χ1n) is 8.97. The normalized spacial score (nSPS) is 15.3. The molecule has 0 unspecified atom stereocenters. The number of aromatic nitrogens is 2. The SMILES string of the molecule is CC[NH+]1CCN(c2cc(COC)nc(SCc3ccc(C(=O)[O-])o3)n2)CC1. The number of rotatable bonds is 8. The Kier molecular flexibility index (Phi) is 6.70. The predicted molar refractivity (Wildman–Crippen MR) is 98.8 cm³/mol. The van der Waals surface area contributed by atoms with Crippen LogP contribution in [-0.4, -0.2) is 55.8 Å². The second-order valence-electron chi connectivity index (χ2n) is 6.37. The van der Waals surface area contributed by atoms with Gasteiger partial charge >= 0.3 is 0 Å². The molecule has 0 aliphatic carbocycles. The Labute approximate surface area is 162 Å². The number of carbonyl (C=O) groups is 1. The number of nitrogens with zero attached hydrogens (tertiary/aromatic N) is 3. The Hall–Kier alpha value is -2.10. The standard InChI is InChI=1S/C18H24N4O4S/c1-3-21-6-8-22(9-7-21)16-10-13(11-25-2)19-18(20-16)27-12-14-4-5-15(26-14)17(23)24/h4-5,10H,3,6-9,11-12H2,1-2H3,(H,23,24). The average Bonchev–Trinajstić information content (AvgIpc) is 3.16. The van der Waals surface area contributed by atoms with Gasteiger partial charge in [0, 0.05) is 13.2 Å². The molecular formula is C18H24N4O4S. The molecule has 2 aromatic heterocycles. The van der Waals surface area contributed by atoms with Gasteiger partial charge in [0.1, 0.15) is 23.3 Å². The fourth-order valence-corrected chi connectivity index (χ4v) is 3.78. The molecule has 2 aromatic rings. The number of hydrogen-bond acceptors (Lipinski definition) is 8. The molecule has 0 saturated carbocycles. The van der Waals surface area contributed by atoms with Gasteiger partial charge < -0.3 is 28.9 Å². The zero-order chi connectivity index (χ0) is 19.2. The number of furan rings is 1. The van der Waals surface area contributed by atoms with E-state index in [2.05, 4.69) is 21.8 Å². The summed E-state index contributed by atoms with van der Waals surface area (Å²) >= 11 is 1.41. The van der Waals surface area contributed by atoms with Crippen molar-refractivity contribution < 1.29 is 24.0 Å². The molecule has 3 heterocycles. The number of carboxylic acids is 1. The highest BCUT2D eigenvalue weighted by molar-refractivity contribution is 7.98. The van der Waals surface area contributed by atoms with Gasteiger partial charge in [-0.15, -0.1) is 0 Å². The molecular weight excluding hydrogens is 368 g/mol. The number of carbonyl (C=O) groups excluding carboxylic acids is 1. The fourth-order valence-electron chi connectivity index (χ4n) is 3.01. The van der Waals surface area contributed by atoms with Crippen molar-refractivity contribution in [3.63, 3.8) is 0 Å². The summed E-state index contributed by atoms with van der Waals surface area (Å²) in [6.45, 7) is 7.89. The molecule has 146 valence electrons. The van der Waals surface area contributed by atoms with Crippen LogP contribution in [0.1, 0.15) is 28.9 Å². The molecule has 0 aromatic carbocycles. The monoisotopic (exact) mass is 392 g/mol. The molecule has 9 heteroatoms.